The predicted octanol–water partition coefficient (Wildman–Crippen LogP) is 3.96. The molecule has 1 aromatic heterocycles. The maximum atomic E-state index is 12.6. The van der Waals surface area contributed by atoms with Gasteiger partial charge < -0.3 is 9.47 Å². The Hall–Kier alpha value is -2.81. The van der Waals surface area contributed by atoms with Gasteiger partial charge in [0.1, 0.15) is 0 Å². The normalized spacial score (nSPS) is 14.9. The first kappa shape index (κ1) is 14.8. The van der Waals surface area contributed by atoms with E-state index < -0.39 is 0 Å². The van der Waals surface area contributed by atoms with Crippen LogP contribution in [0.15, 0.2) is 72.4 Å². The zero-order valence-corrected chi connectivity index (χ0v) is 13.8. The third-order valence-corrected chi connectivity index (χ3v) is 4.78. The maximum absolute atomic E-state index is 12.6. The molecule has 120 valence electrons. The zero-order chi connectivity index (χ0) is 16.5. The van der Waals surface area contributed by atoms with E-state index in [-0.39, 0.29) is 5.91 Å². The summed E-state index contributed by atoms with van der Waals surface area (Å²) in [5, 5.41) is 1.20. The van der Waals surface area contributed by atoms with Gasteiger partial charge in [-0.1, -0.05) is 48.5 Å². The van der Waals surface area contributed by atoms with Gasteiger partial charge in [-0.3, -0.25) is 4.79 Å². The van der Waals surface area contributed by atoms with E-state index >= 15 is 0 Å². The molecule has 0 aliphatic carbocycles. The van der Waals surface area contributed by atoms with E-state index in [0.29, 0.717) is 6.54 Å². The molecule has 4 rings (SSSR count). The number of hydrogen-bond acceptors (Lipinski definition) is 1. The van der Waals surface area contributed by atoms with Gasteiger partial charge in [-0.05, 0) is 36.4 Å². The minimum absolute atomic E-state index is 0.152. The summed E-state index contributed by atoms with van der Waals surface area (Å²) in [6.07, 6.45) is 2.96. The summed E-state index contributed by atoms with van der Waals surface area (Å²) in [5.74, 6) is 0.152. The van der Waals surface area contributed by atoms with Crippen LogP contribution in [0.1, 0.15) is 12.5 Å². The molecule has 0 bridgehead atoms. The van der Waals surface area contributed by atoms with E-state index in [9.17, 15) is 4.79 Å². The van der Waals surface area contributed by atoms with E-state index in [0.717, 1.165) is 29.8 Å². The predicted molar refractivity (Wildman–Crippen MR) is 97.6 cm³/mol. The molecule has 0 atom stereocenters. The number of aromatic nitrogens is 1. The first-order valence-corrected chi connectivity index (χ1v) is 8.33. The lowest BCUT2D eigenvalue weighted by Gasteiger charge is -2.17. The average molecular weight is 316 g/mol. The second-order valence-electron chi connectivity index (χ2n) is 6.28. The standard InChI is InChI=1S/C21H20N2O/c1-16-20(23-14-12-18-9-5-6-10-19(18)23)15-22(21(16)24)13-11-17-7-3-2-4-8-17/h2-10,12,14H,11,13,15H2,1H3. The Morgan fingerprint density at radius 3 is 2.54 bits per heavy atom. The third-order valence-electron chi connectivity index (χ3n) is 4.78. The molecule has 0 spiro atoms. The molecule has 0 N–H and O–H groups in total. The van der Waals surface area contributed by atoms with Gasteiger partial charge in [0.05, 0.1) is 17.8 Å². The number of carbonyl (C=O) groups is 1. The molecule has 1 amide bonds. The molecule has 0 fully saturated rings. The Morgan fingerprint density at radius 2 is 1.71 bits per heavy atom. The van der Waals surface area contributed by atoms with Crippen molar-refractivity contribution in [2.75, 3.05) is 13.1 Å². The van der Waals surface area contributed by atoms with Crippen LogP contribution in [0, 0.1) is 0 Å². The Labute approximate surface area is 141 Å². The zero-order valence-electron chi connectivity index (χ0n) is 13.8. The summed E-state index contributed by atoms with van der Waals surface area (Å²) >= 11 is 0. The number of amides is 1. The van der Waals surface area contributed by atoms with Crippen molar-refractivity contribution in [1.29, 1.82) is 0 Å². The number of benzene rings is 2. The van der Waals surface area contributed by atoms with E-state index in [2.05, 4.69) is 41.1 Å². The molecule has 0 saturated carbocycles. The fourth-order valence-electron chi connectivity index (χ4n) is 3.40. The van der Waals surface area contributed by atoms with Gasteiger partial charge in [-0.15, -0.1) is 0 Å². The molecule has 3 aromatic rings. The molecule has 1 aliphatic rings. The highest BCUT2D eigenvalue weighted by molar-refractivity contribution is 6.03. The smallest absolute Gasteiger partial charge is 0.251 e. The lowest BCUT2D eigenvalue weighted by Crippen LogP contribution is -2.29. The fourth-order valence-corrected chi connectivity index (χ4v) is 3.40. The molecule has 3 nitrogen and oxygen atoms in total. The second kappa shape index (κ2) is 6.00. The monoisotopic (exact) mass is 316 g/mol. The lowest BCUT2D eigenvalue weighted by atomic mass is 10.1. The number of nitrogens with zero attached hydrogens (tertiary/aromatic N) is 2. The molecule has 0 unspecified atom stereocenters. The van der Waals surface area contributed by atoms with Crippen LogP contribution in [0.25, 0.3) is 16.6 Å². The van der Waals surface area contributed by atoms with Gasteiger partial charge in [-0.25, -0.2) is 0 Å². The number of fused-ring (bicyclic) bond motifs is 1. The van der Waals surface area contributed by atoms with Gasteiger partial charge >= 0.3 is 0 Å². The van der Waals surface area contributed by atoms with Crippen LogP contribution in [-0.2, 0) is 11.2 Å². The van der Waals surface area contributed by atoms with E-state index in [1.54, 1.807) is 0 Å². The minimum Gasteiger partial charge on any atom is -0.333 e. The van der Waals surface area contributed by atoms with Crippen molar-refractivity contribution in [2.45, 2.75) is 13.3 Å². The Kier molecular flexibility index (Phi) is 3.69. The van der Waals surface area contributed by atoms with Crippen LogP contribution in [-0.4, -0.2) is 28.5 Å². The van der Waals surface area contributed by atoms with Gasteiger partial charge in [0, 0.05) is 18.3 Å². The van der Waals surface area contributed by atoms with Crippen molar-refractivity contribution in [2.24, 2.45) is 0 Å². The largest absolute Gasteiger partial charge is 0.333 e. The van der Waals surface area contributed by atoms with E-state index in [4.69, 9.17) is 0 Å². The summed E-state index contributed by atoms with van der Waals surface area (Å²) in [5.41, 5.74) is 4.37. The van der Waals surface area contributed by atoms with Crippen LogP contribution in [0.4, 0.5) is 0 Å². The molecule has 2 aromatic carbocycles. The molecule has 2 heterocycles. The van der Waals surface area contributed by atoms with Gasteiger partial charge in [0.15, 0.2) is 0 Å². The van der Waals surface area contributed by atoms with Crippen molar-refractivity contribution < 1.29 is 4.79 Å². The summed E-state index contributed by atoms with van der Waals surface area (Å²) in [6, 6.07) is 20.7. The highest BCUT2D eigenvalue weighted by atomic mass is 16.2. The average Bonchev–Trinajstić information content (AvgIpc) is 3.16. The maximum Gasteiger partial charge on any atom is 0.251 e. The van der Waals surface area contributed by atoms with Crippen LogP contribution in [0.2, 0.25) is 0 Å². The van der Waals surface area contributed by atoms with E-state index in [1.165, 1.54) is 10.9 Å². The number of hydrogen-bond donors (Lipinski definition) is 0. The number of carbonyl (C=O) groups excluding carboxylic acids is 1. The van der Waals surface area contributed by atoms with Gasteiger partial charge in [0.2, 0.25) is 0 Å². The minimum atomic E-state index is 0.152. The van der Waals surface area contributed by atoms with Crippen LogP contribution in [0.5, 0.6) is 0 Å². The Bertz CT molecular complexity index is 921. The van der Waals surface area contributed by atoms with Crippen LogP contribution >= 0.6 is 0 Å². The van der Waals surface area contributed by atoms with Gasteiger partial charge in [0.25, 0.3) is 5.91 Å². The van der Waals surface area contributed by atoms with Crippen molar-refractivity contribution in [3.05, 3.63) is 78.0 Å². The molecule has 1 aliphatic heterocycles. The van der Waals surface area contributed by atoms with Crippen molar-refractivity contribution in [1.82, 2.24) is 9.47 Å². The topological polar surface area (TPSA) is 25.2 Å². The van der Waals surface area contributed by atoms with Gasteiger partial charge in [-0.2, -0.15) is 0 Å². The van der Waals surface area contributed by atoms with Crippen molar-refractivity contribution in [3.8, 4) is 0 Å². The number of para-hydroxylation sites is 1. The quantitative estimate of drug-likeness (QED) is 0.715. The Balaban J connectivity index is 1.56. The number of rotatable bonds is 4. The van der Waals surface area contributed by atoms with E-state index in [1.807, 2.05) is 42.2 Å². The first-order valence-electron chi connectivity index (χ1n) is 8.33. The molecule has 0 saturated heterocycles. The SMILES string of the molecule is CC1=C(n2ccc3ccccc32)CN(CCc2ccccc2)C1=O. The lowest BCUT2D eigenvalue weighted by molar-refractivity contribution is -0.125. The summed E-state index contributed by atoms with van der Waals surface area (Å²) in [4.78, 5) is 14.6. The molecular weight excluding hydrogens is 296 g/mol. The first-order chi connectivity index (χ1) is 11.7. The van der Waals surface area contributed by atoms with Crippen LogP contribution in [0.3, 0.4) is 0 Å². The molecular formula is C21H20N2O. The summed E-state index contributed by atoms with van der Waals surface area (Å²) < 4.78 is 2.16. The second-order valence-corrected chi connectivity index (χ2v) is 6.28. The van der Waals surface area contributed by atoms with Crippen molar-refractivity contribution in [3.63, 3.8) is 0 Å². The van der Waals surface area contributed by atoms with Crippen LogP contribution < -0.4 is 0 Å². The molecule has 0 radical (unpaired) electrons. The third kappa shape index (κ3) is 2.52. The molecule has 24 heavy (non-hydrogen) atoms. The molecule has 3 heteroatoms. The summed E-state index contributed by atoms with van der Waals surface area (Å²) in [6.45, 7) is 3.37. The summed E-state index contributed by atoms with van der Waals surface area (Å²) in [7, 11) is 0. The van der Waals surface area contributed by atoms with Crippen molar-refractivity contribution >= 4 is 22.5 Å². The fraction of sp³-hybridized carbons (Fsp3) is 0.190. The Morgan fingerprint density at radius 1 is 0.958 bits per heavy atom. The highest BCUT2D eigenvalue weighted by Crippen LogP contribution is 2.27. The highest BCUT2D eigenvalue weighted by Gasteiger charge is 2.28.